The summed E-state index contributed by atoms with van der Waals surface area (Å²) in [5.74, 6) is -0.134. The predicted octanol–water partition coefficient (Wildman–Crippen LogP) is 0.522. The molecule has 1 heterocycles. The molecule has 1 rings (SSSR count). The molecule has 0 saturated heterocycles. The fraction of sp³-hybridized carbons (Fsp3) is 0.417. The van der Waals surface area contributed by atoms with Crippen LogP contribution in [-0.4, -0.2) is 40.3 Å². The monoisotopic (exact) mass is 315 g/mol. The average molecular weight is 315 g/mol. The fourth-order valence-corrected chi connectivity index (χ4v) is 2.51. The molecule has 1 atom stereocenters. The summed E-state index contributed by atoms with van der Waals surface area (Å²) < 4.78 is 0. The Kier molecular flexibility index (Phi) is 7.42. The molecule has 0 aliphatic carbocycles. The zero-order chi connectivity index (χ0) is 15.0. The third-order valence-corrected chi connectivity index (χ3v) is 3.76. The van der Waals surface area contributed by atoms with Crippen LogP contribution in [-0.2, 0) is 15.3 Å². The Labute approximate surface area is 126 Å². The number of aromatic nitrogens is 1. The highest BCUT2D eigenvalue weighted by Crippen LogP contribution is 2.16. The number of nitrogens with zero attached hydrogens (tertiary/aromatic N) is 1. The minimum absolute atomic E-state index is 0.365. The predicted molar refractivity (Wildman–Crippen MR) is 80.9 cm³/mol. The molecule has 8 heteroatoms. The van der Waals surface area contributed by atoms with Crippen molar-refractivity contribution in [3.63, 3.8) is 0 Å². The molecule has 1 amide bonds. The molecule has 0 aromatic carbocycles. The minimum Gasteiger partial charge on any atom is -0.481 e. The van der Waals surface area contributed by atoms with E-state index in [2.05, 4.69) is 22.9 Å². The molecule has 4 N–H and O–H groups in total. The van der Waals surface area contributed by atoms with Crippen molar-refractivity contribution >= 4 is 36.3 Å². The van der Waals surface area contributed by atoms with Gasteiger partial charge in [0.2, 0.25) is 5.91 Å². The maximum absolute atomic E-state index is 11.4. The van der Waals surface area contributed by atoms with Crippen LogP contribution in [0.3, 0.4) is 0 Å². The van der Waals surface area contributed by atoms with E-state index in [0.29, 0.717) is 18.1 Å². The zero-order valence-electron chi connectivity index (χ0n) is 10.8. The molecule has 0 radical (unpaired) electrons. The van der Waals surface area contributed by atoms with Crippen LogP contribution in [0.4, 0.5) is 0 Å². The fourth-order valence-electron chi connectivity index (χ4n) is 1.37. The number of thioether (sulfide) groups is 1. The molecule has 110 valence electrons. The second kappa shape index (κ2) is 8.83. The smallest absolute Gasteiger partial charge is 0.305 e. The number of hydrogen-bond donors (Lipinski definition) is 4. The molecular weight excluding hydrogens is 298 g/mol. The lowest BCUT2D eigenvalue weighted by molar-refractivity contribution is -0.139. The van der Waals surface area contributed by atoms with Crippen molar-refractivity contribution in [2.45, 2.75) is 23.1 Å². The summed E-state index contributed by atoms with van der Waals surface area (Å²) in [6.45, 7) is 0.436. The van der Waals surface area contributed by atoms with Gasteiger partial charge in [-0.05, 0) is 12.1 Å². The standard InChI is InChI=1S/C12H17N3O3S2/c13-8(6-11(16)17)12(18)15-4-5-20-7-9-10(19)2-1-3-14-9/h1-3,8,19H,4-7,13H2,(H,15,18)(H,16,17)/t8-/m0/s1. The van der Waals surface area contributed by atoms with Gasteiger partial charge in [0.1, 0.15) is 0 Å². The first-order chi connectivity index (χ1) is 9.50. The molecule has 0 unspecified atom stereocenters. The molecule has 0 aliphatic heterocycles. The Balaban J connectivity index is 2.18. The Hall–Kier alpha value is -1.25. The number of pyridine rings is 1. The van der Waals surface area contributed by atoms with Crippen molar-refractivity contribution in [1.29, 1.82) is 0 Å². The van der Waals surface area contributed by atoms with E-state index in [4.69, 9.17) is 10.8 Å². The topological polar surface area (TPSA) is 105 Å². The Morgan fingerprint density at radius 1 is 1.55 bits per heavy atom. The number of rotatable bonds is 8. The van der Waals surface area contributed by atoms with Gasteiger partial charge in [-0.25, -0.2) is 0 Å². The van der Waals surface area contributed by atoms with Gasteiger partial charge in [0, 0.05) is 29.1 Å². The van der Waals surface area contributed by atoms with E-state index >= 15 is 0 Å². The van der Waals surface area contributed by atoms with E-state index in [1.165, 1.54) is 0 Å². The van der Waals surface area contributed by atoms with E-state index in [1.54, 1.807) is 18.0 Å². The maximum Gasteiger partial charge on any atom is 0.305 e. The van der Waals surface area contributed by atoms with Crippen LogP contribution >= 0.6 is 24.4 Å². The zero-order valence-corrected chi connectivity index (χ0v) is 12.5. The van der Waals surface area contributed by atoms with Gasteiger partial charge in [0.15, 0.2) is 0 Å². The molecule has 0 fully saturated rings. The van der Waals surface area contributed by atoms with Crippen LogP contribution in [0.5, 0.6) is 0 Å². The largest absolute Gasteiger partial charge is 0.481 e. The molecule has 0 spiro atoms. The van der Waals surface area contributed by atoms with Gasteiger partial charge in [-0.15, -0.1) is 12.6 Å². The highest BCUT2D eigenvalue weighted by atomic mass is 32.2. The summed E-state index contributed by atoms with van der Waals surface area (Å²) in [7, 11) is 0. The Bertz CT molecular complexity index is 471. The maximum atomic E-state index is 11.4. The molecule has 0 saturated carbocycles. The number of carbonyl (C=O) groups excluding carboxylic acids is 1. The van der Waals surface area contributed by atoms with Crippen LogP contribution < -0.4 is 11.1 Å². The van der Waals surface area contributed by atoms with Gasteiger partial charge >= 0.3 is 5.97 Å². The number of nitrogens with one attached hydrogen (secondary N) is 1. The SMILES string of the molecule is N[C@@H](CC(=O)O)C(=O)NCCSCc1ncccc1S. The molecular formula is C12H17N3O3S2. The van der Waals surface area contributed by atoms with Crippen molar-refractivity contribution in [2.24, 2.45) is 5.73 Å². The average Bonchev–Trinajstić information content (AvgIpc) is 2.39. The van der Waals surface area contributed by atoms with Crippen LogP contribution in [0.25, 0.3) is 0 Å². The van der Waals surface area contributed by atoms with E-state index < -0.39 is 17.9 Å². The number of carboxylic acids is 1. The second-order valence-electron chi connectivity index (χ2n) is 4.02. The van der Waals surface area contributed by atoms with Gasteiger partial charge in [-0.3, -0.25) is 14.6 Å². The van der Waals surface area contributed by atoms with E-state index in [9.17, 15) is 9.59 Å². The number of carboxylic acid groups (broad SMARTS) is 1. The summed E-state index contributed by atoms with van der Waals surface area (Å²) in [6, 6.07) is 2.69. The Morgan fingerprint density at radius 3 is 2.95 bits per heavy atom. The minimum atomic E-state index is -1.08. The number of hydrogen-bond acceptors (Lipinski definition) is 6. The lowest BCUT2D eigenvalue weighted by Gasteiger charge is -2.10. The quantitative estimate of drug-likeness (QED) is 0.412. The molecule has 20 heavy (non-hydrogen) atoms. The van der Waals surface area contributed by atoms with E-state index in [1.807, 2.05) is 12.1 Å². The van der Waals surface area contributed by atoms with Gasteiger partial charge in [0.25, 0.3) is 0 Å². The molecule has 0 bridgehead atoms. The highest BCUT2D eigenvalue weighted by molar-refractivity contribution is 7.98. The lowest BCUT2D eigenvalue weighted by Crippen LogP contribution is -2.42. The summed E-state index contributed by atoms with van der Waals surface area (Å²) in [5, 5.41) is 11.1. The van der Waals surface area contributed by atoms with E-state index in [0.717, 1.165) is 10.6 Å². The normalized spacial score (nSPS) is 11.9. The van der Waals surface area contributed by atoms with Crippen LogP contribution in [0.2, 0.25) is 0 Å². The summed E-state index contributed by atoms with van der Waals surface area (Å²) in [4.78, 5) is 26.9. The number of carbonyl (C=O) groups is 2. The van der Waals surface area contributed by atoms with Crippen molar-refractivity contribution < 1.29 is 14.7 Å². The molecule has 0 aliphatic rings. The summed E-state index contributed by atoms with van der Waals surface area (Å²) >= 11 is 5.90. The second-order valence-corrected chi connectivity index (χ2v) is 5.60. The number of nitrogens with two attached hydrogens (primary N) is 1. The van der Waals surface area contributed by atoms with Crippen molar-refractivity contribution in [1.82, 2.24) is 10.3 Å². The number of amides is 1. The third-order valence-electron chi connectivity index (χ3n) is 2.38. The van der Waals surface area contributed by atoms with Crippen LogP contribution in [0.1, 0.15) is 12.1 Å². The van der Waals surface area contributed by atoms with Crippen LogP contribution in [0.15, 0.2) is 23.2 Å². The first kappa shape index (κ1) is 16.8. The molecule has 1 aromatic rings. The molecule has 6 nitrogen and oxygen atoms in total. The summed E-state index contributed by atoms with van der Waals surface area (Å²) in [6.07, 6.45) is 1.35. The Morgan fingerprint density at radius 2 is 2.30 bits per heavy atom. The summed E-state index contributed by atoms with van der Waals surface area (Å²) in [5.41, 5.74) is 6.32. The van der Waals surface area contributed by atoms with Crippen molar-refractivity contribution in [2.75, 3.05) is 12.3 Å². The highest BCUT2D eigenvalue weighted by Gasteiger charge is 2.16. The lowest BCUT2D eigenvalue weighted by atomic mass is 10.2. The van der Waals surface area contributed by atoms with Crippen molar-refractivity contribution in [3.8, 4) is 0 Å². The van der Waals surface area contributed by atoms with Gasteiger partial charge < -0.3 is 16.2 Å². The first-order valence-electron chi connectivity index (χ1n) is 5.96. The number of thiol groups is 1. The van der Waals surface area contributed by atoms with Gasteiger partial charge in [0.05, 0.1) is 18.2 Å². The van der Waals surface area contributed by atoms with Gasteiger partial charge in [-0.2, -0.15) is 11.8 Å². The molecule has 1 aromatic heterocycles. The first-order valence-corrected chi connectivity index (χ1v) is 7.56. The van der Waals surface area contributed by atoms with E-state index in [-0.39, 0.29) is 6.42 Å². The van der Waals surface area contributed by atoms with Crippen LogP contribution in [0, 0.1) is 0 Å². The third kappa shape index (κ3) is 6.27. The van der Waals surface area contributed by atoms with Crippen molar-refractivity contribution in [3.05, 3.63) is 24.0 Å². The number of aliphatic carboxylic acids is 1. The van der Waals surface area contributed by atoms with Gasteiger partial charge in [-0.1, -0.05) is 0 Å².